The van der Waals surface area contributed by atoms with E-state index in [1.54, 1.807) is 25.1 Å². The third kappa shape index (κ3) is 5.17. The molecule has 1 saturated carbocycles. The number of fused-ring (bicyclic) bond motifs is 4. The van der Waals surface area contributed by atoms with Crippen molar-refractivity contribution in [1.29, 1.82) is 0 Å². The van der Waals surface area contributed by atoms with Crippen LogP contribution in [0.3, 0.4) is 0 Å². The third-order valence-electron chi connectivity index (χ3n) is 10.2. The highest BCUT2D eigenvalue weighted by Gasteiger charge is 2.49. The predicted octanol–water partition coefficient (Wildman–Crippen LogP) is 5.39. The number of ether oxygens (including phenoxy) is 1. The van der Waals surface area contributed by atoms with Gasteiger partial charge in [-0.15, -0.1) is 0 Å². The molecule has 2 aromatic rings. The first-order chi connectivity index (χ1) is 19.5. The molecule has 0 aromatic heterocycles. The Balaban J connectivity index is 1.44. The van der Waals surface area contributed by atoms with Crippen molar-refractivity contribution in [2.75, 3.05) is 24.6 Å². The molecule has 2 aliphatic heterocycles. The number of allylic oxidation sites excluding steroid dienone is 1. The van der Waals surface area contributed by atoms with E-state index >= 15 is 0 Å². The standard InChI is InChI=1S/C32H39ClN2O5S/c1-21-6-3-4-8-29(36)31(2)15-13-24(31)18-35-19-32(14-5-7-22-16-25(33)10-11-26(22)32)20-40-28-12-9-23(17-27(28)35)30(37)34-41(21,38)39/h4,8-12,16-17,21,24,29,36H,3,5-7,13-15,18-20H2,1-2H3,(H,34,37)/b8-4+/t21-,24-,29-,31+,32+/m1/s1. The Hall–Kier alpha value is -2.55. The molecule has 1 spiro atoms. The highest BCUT2D eigenvalue weighted by atomic mass is 35.5. The SMILES string of the molecule is C[C@@H]1CC/C=C/[C@@H](O)[C@@]2(C)CC[C@@H]2CN2C[C@@]3(CCCc4cc(Cl)ccc43)COc3ccc(cc32)C(=O)NS1(=O)=O. The van der Waals surface area contributed by atoms with Crippen molar-refractivity contribution >= 4 is 33.2 Å². The first-order valence-corrected chi connectivity index (χ1v) is 16.6. The molecular formula is C32H39ClN2O5S. The average Bonchev–Trinajstić information content (AvgIpc) is 3.08. The lowest BCUT2D eigenvalue weighted by Gasteiger charge is -2.52. The lowest BCUT2D eigenvalue weighted by molar-refractivity contribution is -0.0469. The summed E-state index contributed by atoms with van der Waals surface area (Å²) in [6.45, 7) is 5.64. The number of aliphatic hydroxyl groups is 1. The molecular weight excluding hydrogens is 560 g/mol. The van der Waals surface area contributed by atoms with Gasteiger partial charge in [-0.2, -0.15) is 0 Å². The van der Waals surface area contributed by atoms with Crippen LogP contribution in [0.25, 0.3) is 0 Å². The van der Waals surface area contributed by atoms with Gasteiger partial charge in [-0.25, -0.2) is 13.1 Å². The van der Waals surface area contributed by atoms with Crippen LogP contribution in [0.2, 0.25) is 5.02 Å². The van der Waals surface area contributed by atoms with Crippen molar-refractivity contribution in [2.45, 2.75) is 75.6 Å². The maximum Gasteiger partial charge on any atom is 0.264 e. The number of aliphatic hydroxyl groups excluding tert-OH is 1. The van der Waals surface area contributed by atoms with Crippen LogP contribution in [0.15, 0.2) is 48.6 Å². The summed E-state index contributed by atoms with van der Waals surface area (Å²) in [7, 11) is -3.87. The molecule has 5 atom stereocenters. The van der Waals surface area contributed by atoms with E-state index in [-0.39, 0.29) is 22.3 Å². The van der Waals surface area contributed by atoms with Crippen molar-refractivity contribution in [1.82, 2.24) is 4.72 Å². The Morgan fingerprint density at radius 2 is 1.98 bits per heavy atom. The summed E-state index contributed by atoms with van der Waals surface area (Å²) in [5, 5.41) is 11.3. The van der Waals surface area contributed by atoms with Crippen LogP contribution in [-0.4, -0.2) is 50.5 Å². The maximum atomic E-state index is 13.2. The first kappa shape index (κ1) is 28.6. The Morgan fingerprint density at radius 3 is 2.76 bits per heavy atom. The molecule has 4 aliphatic rings. The van der Waals surface area contributed by atoms with E-state index in [1.165, 1.54) is 11.1 Å². The normalized spacial score (nSPS) is 33.8. The molecule has 0 saturated heterocycles. The summed E-state index contributed by atoms with van der Waals surface area (Å²) < 4.78 is 34.7. The van der Waals surface area contributed by atoms with E-state index in [0.717, 1.165) is 42.8 Å². The number of rotatable bonds is 0. The van der Waals surface area contributed by atoms with Gasteiger partial charge in [-0.05, 0) is 99.2 Å². The summed E-state index contributed by atoms with van der Waals surface area (Å²) in [6, 6.07) is 11.4. The van der Waals surface area contributed by atoms with Crippen molar-refractivity contribution < 1.29 is 23.1 Å². The zero-order valence-corrected chi connectivity index (χ0v) is 25.3. The maximum absolute atomic E-state index is 13.2. The highest BCUT2D eigenvalue weighted by molar-refractivity contribution is 7.90. The van der Waals surface area contributed by atoms with E-state index in [9.17, 15) is 18.3 Å². The number of carbonyl (C=O) groups excluding carboxylic acids is 1. The van der Waals surface area contributed by atoms with E-state index in [1.807, 2.05) is 18.2 Å². The second kappa shape index (κ2) is 10.6. The minimum absolute atomic E-state index is 0.239. The monoisotopic (exact) mass is 598 g/mol. The molecule has 2 heterocycles. The Morgan fingerprint density at radius 1 is 1.15 bits per heavy atom. The van der Waals surface area contributed by atoms with Crippen LogP contribution in [0.1, 0.15) is 73.9 Å². The van der Waals surface area contributed by atoms with Gasteiger partial charge in [0.2, 0.25) is 10.0 Å². The van der Waals surface area contributed by atoms with Gasteiger partial charge in [0, 0.05) is 34.5 Å². The number of carbonyl (C=O) groups is 1. The number of amides is 1. The number of halogens is 1. The third-order valence-corrected chi connectivity index (χ3v) is 12.2. The fourth-order valence-electron chi connectivity index (χ4n) is 7.23. The molecule has 1 amide bonds. The van der Waals surface area contributed by atoms with Gasteiger partial charge in [-0.3, -0.25) is 4.79 Å². The van der Waals surface area contributed by atoms with Gasteiger partial charge < -0.3 is 14.7 Å². The van der Waals surface area contributed by atoms with Crippen LogP contribution in [0, 0.1) is 11.3 Å². The molecule has 6 rings (SSSR count). The van der Waals surface area contributed by atoms with Gasteiger partial charge in [0.25, 0.3) is 5.91 Å². The number of nitrogens with zero attached hydrogens (tertiary/aromatic N) is 1. The van der Waals surface area contributed by atoms with Crippen LogP contribution < -0.4 is 14.4 Å². The minimum Gasteiger partial charge on any atom is -0.490 e. The number of anilines is 1. The molecule has 41 heavy (non-hydrogen) atoms. The van der Waals surface area contributed by atoms with Crippen LogP contribution in [0.5, 0.6) is 5.75 Å². The number of hydrogen-bond donors (Lipinski definition) is 2. The lowest BCUT2D eigenvalue weighted by Crippen LogP contribution is -2.53. The number of benzene rings is 2. The molecule has 2 aliphatic carbocycles. The molecule has 2 bridgehead atoms. The lowest BCUT2D eigenvalue weighted by atomic mass is 9.58. The molecule has 7 nitrogen and oxygen atoms in total. The Kier molecular flexibility index (Phi) is 7.40. The van der Waals surface area contributed by atoms with Gasteiger partial charge >= 0.3 is 0 Å². The van der Waals surface area contributed by atoms with E-state index in [4.69, 9.17) is 16.3 Å². The second-order valence-electron chi connectivity index (χ2n) is 12.8. The molecule has 0 radical (unpaired) electrons. The largest absolute Gasteiger partial charge is 0.490 e. The minimum atomic E-state index is -3.87. The summed E-state index contributed by atoms with van der Waals surface area (Å²) in [5.41, 5.74) is 3.01. The van der Waals surface area contributed by atoms with E-state index in [2.05, 4.69) is 28.7 Å². The van der Waals surface area contributed by atoms with Gasteiger partial charge in [-0.1, -0.05) is 36.7 Å². The predicted molar refractivity (Wildman–Crippen MR) is 161 cm³/mol. The molecule has 2 N–H and O–H groups in total. The van der Waals surface area contributed by atoms with Gasteiger partial charge in [0.05, 0.1) is 23.6 Å². The summed E-state index contributed by atoms with van der Waals surface area (Å²) in [4.78, 5) is 15.6. The molecule has 2 aromatic carbocycles. The van der Waals surface area contributed by atoms with Crippen molar-refractivity contribution in [3.05, 3.63) is 70.3 Å². The number of aryl methyl sites for hydroxylation is 1. The van der Waals surface area contributed by atoms with Gasteiger partial charge in [0.15, 0.2) is 0 Å². The smallest absolute Gasteiger partial charge is 0.264 e. The number of hydrogen-bond acceptors (Lipinski definition) is 6. The Labute approximate surface area is 248 Å². The van der Waals surface area contributed by atoms with Crippen LogP contribution in [-0.2, 0) is 21.9 Å². The van der Waals surface area contributed by atoms with Crippen LogP contribution >= 0.6 is 11.6 Å². The zero-order chi connectivity index (χ0) is 29.0. The molecule has 0 unspecified atom stereocenters. The molecule has 1 fully saturated rings. The number of nitrogens with one attached hydrogen (secondary N) is 1. The molecule has 220 valence electrons. The highest BCUT2D eigenvalue weighted by Crippen LogP contribution is 2.52. The quantitative estimate of drug-likeness (QED) is 0.395. The van der Waals surface area contributed by atoms with E-state index in [0.29, 0.717) is 38.3 Å². The number of sulfonamides is 1. The van der Waals surface area contributed by atoms with Crippen molar-refractivity contribution in [3.8, 4) is 5.75 Å². The Bertz CT molecular complexity index is 1490. The average molecular weight is 599 g/mol. The summed E-state index contributed by atoms with van der Waals surface area (Å²) in [5.74, 6) is 0.282. The fraction of sp³-hybridized carbons (Fsp3) is 0.531. The van der Waals surface area contributed by atoms with Crippen LogP contribution in [0.4, 0.5) is 5.69 Å². The fourth-order valence-corrected chi connectivity index (χ4v) is 8.45. The second-order valence-corrected chi connectivity index (χ2v) is 15.3. The first-order valence-electron chi connectivity index (χ1n) is 14.7. The summed E-state index contributed by atoms with van der Waals surface area (Å²) in [6.07, 6.45) is 8.82. The van der Waals surface area contributed by atoms with Crippen molar-refractivity contribution in [3.63, 3.8) is 0 Å². The van der Waals surface area contributed by atoms with E-state index < -0.39 is 27.3 Å². The van der Waals surface area contributed by atoms with Crippen molar-refractivity contribution in [2.24, 2.45) is 11.3 Å². The summed E-state index contributed by atoms with van der Waals surface area (Å²) >= 11 is 6.38. The zero-order valence-electron chi connectivity index (χ0n) is 23.7. The topological polar surface area (TPSA) is 95.9 Å². The van der Waals surface area contributed by atoms with Gasteiger partial charge in [0.1, 0.15) is 5.75 Å². The molecule has 9 heteroatoms.